The van der Waals surface area contributed by atoms with Crippen LogP contribution >= 0.6 is 0 Å². The molecule has 0 aliphatic rings. The van der Waals surface area contributed by atoms with Gasteiger partial charge in [-0.2, -0.15) is 0 Å². The van der Waals surface area contributed by atoms with Crippen molar-refractivity contribution in [3.63, 3.8) is 0 Å². The maximum atomic E-state index is 11.9. The Morgan fingerprint density at radius 3 is 2.50 bits per heavy atom. The van der Waals surface area contributed by atoms with Crippen LogP contribution in [0, 0.1) is 12.8 Å². The summed E-state index contributed by atoms with van der Waals surface area (Å²) in [5.74, 6) is -0.485. The molecule has 0 saturated heterocycles. The molecule has 1 rings (SSSR count). The molecule has 0 fully saturated rings. The molecule has 20 heavy (non-hydrogen) atoms. The summed E-state index contributed by atoms with van der Waals surface area (Å²) in [7, 11) is 0. The van der Waals surface area contributed by atoms with Crippen LogP contribution in [0.4, 0.5) is 0 Å². The summed E-state index contributed by atoms with van der Waals surface area (Å²) in [5.41, 5.74) is 0.933. The van der Waals surface area contributed by atoms with Gasteiger partial charge in [0.2, 0.25) is 0 Å². The van der Waals surface area contributed by atoms with Crippen LogP contribution in [-0.2, 0) is 4.79 Å². The number of esters is 1. The molecule has 4 heteroatoms. The Labute approximate surface area is 119 Å². The lowest BCUT2D eigenvalue weighted by Crippen LogP contribution is -2.11. The van der Waals surface area contributed by atoms with E-state index in [9.17, 15) is 14.7 Å². The molecule has 0 aliphatic heterocycles. The lowest BCUT2D eigenvalue weighted by molar-refractivity contribution is -0.134. The van der Waals surface area contributed by atoms with Crippen LogP contribution in [0.1, 0.15) is 56.0 Å². The molecule has 1 N–H and O–H groups in total. The number of carbonyl (C=O) groups is 2. The van der Waals surface area contributed by atoms with Gasteiger partial charge in [-0.05, 0) is 25.0 Å². The number of benzene rings is 1. The van der Waals surface area contributed by atoms with Gasteiger partial charge in [-0.1, -0.05) is 27.2 Å². The van der Waals surface area contributed by atoms with E-state index >= 15 is 0 Å². The normalized spacial score (nSPS) is 10.7. The summed E-state index contributed by atoms with van der Waals surface area (Å²) in [5, 5.41) is 9.91. The first-order valence-electron chi connectivity index (χ1n) is 6.95. The zero-order valence-corrected chi connectivity index (χ0v) is 12.5. The second-order valence-electron chi connectivity index (χ2n) is 5.23. The summed E-state index contributed by atoms with van der Waals surface area (Å²) < 4.78 is 5.21. The van der Waals surface area contributed by atoms with Gasteiger partial charge in [0.1, 0.15) is 11.5 Å². The minimum Gasteiger partial charge on any atom is -0.507 e. The third-order valence-electron chi connectivity index (χ3n) is 3.04. The molecule has 0 aliphatic carbocycles. The van der Waals surface area contributed by atoms with E-state index in [1.54, 1.807) is 26.8 Å². The molecule has 0 aromatic heterocycles. The Kier molecular flexibility index (Phi) is 5.74. The zero-order chi connectivity index (χ0) is 15.3. The Bertz CT molecular complexity index is 503. The maximum Gasteiger partial charge on any atom is 0.311 e. The molecular formula is C16H22O4. The molecule has 1 aromatic rings. The van der Waals surface area contributed by atoms with Crippen molar-refractivity contribution in [2.75, 3.05) is 0 Å². The lowest BCUT2D eigenvalue weighted by Gasteiger charge is -2.12. The molecular weight excluding hydrogens is 256 g/mol. The standard InChI is InChI=1S/C16H22O4/c1-5-6-7-15(18)20-14-9-13(17)12(8-11(14)4)16(19)10(2)3/h8-10,17H,5-7H2,1-4H3. The number of phenolic OH excluding ortho intramolecular Hbond substituents is 1. The Morgan fingerprint density at radius 1 is 1.30 bits per heavy atom. The van der Waals surface area contributed by atoms with Gasteiger partial charge < -0.3 is 9.84 Å². The summed E-state index contributed by atoms with van der Waals surface area (Å²) in [6, 6.07) is 2.91. The second-order valence-corrected chi connectivity index (χ2v) is 5.23. The van der Waals surface area contributed by atoms with E-state index in [0.29, 0.717) is 17.7 Å². The first kappa shape index (κ1) is 16.2. The van der Waals surface area contributed by atoms with E-state index in [-0.39, 0.29) is 29.0 Å². The van der Waals surface area contributed by atoms with Gasteiger partial charge in [-0.15, -0.1) is 0 Å². The smallest absolute Gasteiger partial charge is 0.311 e. The summed E-state index contributed by atoms with van der Waals surface area (Å²) >= 11 is 0. The number of ketones is 1. The molecule has 110 valence electrons. The van der Waals surface area contributed by atoms with Gasteiger partial charge in [0.25, 0.3) is 0 Å². The van der Waals surface area contributed by atoms with Crippen LogP contribution in [0.3, 0.4) is 0 Å². The first-order chi connectivity index (χ1) is 9.36. The lowest BCUT2D eigenvalue weighted by atomic mass is 9.98. The zero-order valence-electron chi connectivity index (χ0n) is 12.5. The molecule has 0 unspecified atom stereocenters. The monoisotopic (exact) mass is 278 g/mol. The fourth-order valence-electron chi connectivity index (χ4n) is 1.79. The van der Waals surface area contributed by atoms with Crippen molar-refractivity contribution in [1.82, 2.24) is 0 Å². The first-order valence-corrected chi connectivity index (χ1v) is 6.95. The minimum absolute atomic E-state index is 0.130. The van der Waals surface area contributed by atoms with Crippen molar-refractivity contribution >= 4 is 11.8 Å². The van der Waals surface area contributed by atoms with Crippen LogP contribution < -0.4 is 4.74 Å². The van der Waals surface area contributed by atoms with Crippen molar-refractivity contribution in [1.29, 1.82) is 0 Å². The maximum absolute atomic E-state index is 11.9. The Hall–Kier alpha value is -1.84. The summed E-state index contributed by atoms with van der Waals surface area (Å²) in [6.07, 6.45) is 2.04. The fourth-order valence-corrected chi connectivity index (χ4v) is 1.79. The van der Waals surface area contributed by atoms with Gasteiger partial charge in [-0.3, -0.25) is 9.59 Å². The Morgan fingerprint density at radius 2 is 1.95 bits per heavy atom. The third kappa shape index (κ3) is 4.08. The van der Waals surface area contributed by atoms with Crippen molar-refractivity contribution < 1.29 is 19.4 Å². The quantitative estimate of drug-likeness (QED) is 0.490. The molecule has 0 saturated carbocycles. The molecule has 0 heterocycles. The number of unbranched alkanes of at least 4 members (excludes halogenated alkanes) is 1. The van der Waals surface area contributed by atoms with Crippen molar-refractivity contribution in [3.05, 3.63) is 23.3 Å². The van der Waals surface area contributed by atoms with Crippen LogP contribution in [0.2, 0.25) is 0 Å². The number of Topliss-reactive ketones (excluding diaryl/α,β-unsaturated/α-hetero) is 1. The predicted octanol–water partition coefficient (Wildman–Crippen LogP) is 3.63. The van der Waals surface area contributed by atoms with Crippen molar-refractivity contribution in [2.45, 2.75) is 47.0 Å². The van der Waals surface area contributed by atoms with E-state index < -0.39 is 0 Å². The molecule has 0 radical (unpaired) electrons. The summed E-state index contributed by atoms with van der Waals surface area (Å²) in [4.78, 5) is 23.5. The molecule has 0 amide bonds. The molecule has 0 bridgehead atoms. The predicted molar refractivity (Wildman–Crippen MR) is 77.2 cm³/mol. The SMILES string of the molecule is CCCCC(=O)Oc1cc(O)c(C(=O)C(C)C)cc1C. The number of hydrogen-bond donors (Lipinski definition) is 1. The van der Waals surface area contributed by atoms with Crippen LogP contribution in [0.15, 0.2) is 12.1 Å². The topological polar surface area (TPSA) is 63.6 Å². The molecule has 0 atom stereocenters. The molecule has 4 nitrogen and oxygen atoms in total. The highest BCUT2D eigenvalue weighted by Crippen LogP contribution is 2.29. The highest BCUT2D eigenvalue weighted by molar-refractivity contribution is 6.00. The van der Waals surface area contributed by atoms with Gasteiger partial charge in [0.15, 0.2) is 5.78 Å². The largest absolute Gasteiger partial charge is 0.507 e. The molecule has 1 aromatic carbocycles. The highest BCUT2D eigenvalue weighted by Gasteiger charge is 2.18. The van der Waals surface area contributed by atoms with Gasteiger partial charge in [0, 0.05) is 18.4 Å². The average Bonchev–Trinajstić information content (AvgIpc) is 2.39. The van der Waals surface area contributed by atoms with E-state index in [4.69, 9.17) is 4.74 Å². The van der Waals surface area contributed by atoms with Crippen LogP contribution in [0.5, 0.6) is 11.5 Å². The van der Waals surface area contributed by atoms with E-state index in [2.05, 4.69) is 0 Å². The van der Waals surface area contributed by atoms with E-state index in [1.165, 1.54) is 6.07 Å². The minimum atomic E-state index is -0.322. The van der Waals surface area contributed by atoms with E-state index in [1.807, 2.05) is 6.92 Å². The number of aromatic hydroxyl groups is 1. The number of aryl methyl sites for hydroxylation is 1. The Balaban J connectivity index is 2.94. The van der Waals surface area contributed by atoms with Crippen LogP contribution in [0.25, 0.3) is 0 Å². The average molecular weight is 278 g/mol. The van der Waals surface area contributed by atoms with Crippen LogP contribution in [-0.4, -0.2) is 16.9 Å². The molecule has 0 spiro atoms. The number of rotatable bonds is 6. The van der Waals surface area contributed by atoms with E-state index in [0.717, 1.165) is 12.8 Å². The number of ether oxygens (including phenoxy) is 1. The van der Waals surface area contributed by atoms with Crippen molar-refractivity contribution in [3.8, 4) is 11.5 Å². The number of carbonyl (C=O) groups excluding carboxylic acids is 2. The van der Waals surface area contributed by atoms with Gasteiger partial charge in [0.05, 0.1) is 5.56 Å². The number of phenols is 1. The third-order valence-corrected chi connectivity index (χ3v) is 3.04. The highest BCUT2D eigenvalue weighted by atomic mass is 16.5. The number of hydrogen-bond acceptors (Lipinski definition) is 4. The van der Waals surface area contributed by atoms with Crippen molar-refractivity contribution in [2.24, 2.45) is 5.92 Å². The second kappa shape index (κ2) is 7.08. The van der Waals surface area contributed by atoms with Gasteiger partial charge >= 0.3 is 5.97 Å². The fraction of sp³-hybridized carbons (Fsp3) is 0.500. The summed E-state index contributed by atoms with van der Waals surface area (Å²) in [6.45, 7) is 7.29. The van der Waals surface area contributed by atoms with Gasteiger partial charge in [-0.25, -0.2) is 0 Å².